The van der Waals surface area contributed by atoms with Crippen molar-refractivity contribution in [1.82, 2.24) is 9.88 Å². The van der Waals surface area contributed by atoms with Gasteiger partial charge in [-0.15, -0.1) is 11.3 Å². The molecule has 0 aromatic carbocycles. The van der Waals surface area contributed by atoms with Crippen LogP contribution < -0.4 is 5.32 Å². The van der Waals surface area contributed by atoms with Crippen LogP contribution in [0, 0.1) is 6.92 Å². The number of carbonyl (C=O) groups excluding carboxylic acids is 1. The molecule has 0 saturated heterocycles. The molecule has 1 aromatic heterocycles. The third kappa shape index (κ3) is 5.12. The topological polar surface area (TPSA) is 54.5 Å². The van der Waals surface area contributed by atoms with Crippen molar-refractivity contribution >= 4 is 22.3 Å². The minimum Gasteiger partial charge on any atom is -0.383 e. The molecule has 0 radical (unpaired) electrons. The molecule has 18 heavy (non-hydrogen) atoms. The number of aromatic nitrogens is 1. The Morgan fingerprint density at radius 3 is 2.83 bits per heavy atom. The minimum absolute atomic E-state index is 0.218. The van der Waals surface area contributed by atoms with Crippen LogP contribution >= 0.6 is 11.3 Å². The molecule has 0 unspecified atom stereocenters. The number of nitrogens with one attached hydrogen (secondary N) is 1. The van der Waals surface area contributed by atoms with Crippen LogP contribution in [-0.4, -0.2) is 56.6 Å². The fraction of sp³-hybridized carbons (Fsp3) is 0.667. The highest BCUT2D eigenvalue weighted by Gasteiger charge is 2.12. The highest BCUT2D eigenvalue weighted by atomic mass is 32.1. The summed E-state index contributed by atoms with van der Waals surface area (Å²) in [4.78, 5) is 19.1. The summed E-state index contributed by atoms with van der Waals surface area (Å²) >= 11 is 1.55. The molecule has 0 aliphatic heterocycles. The Morgan fingerprint density at radius 2 is 2.22 bits per heavy atom. The van der Waals surface area contributed by atoms with Crippen LogP contribution in [0.5, 0.6) is 0 Å². The second-order valence-electron chi connectivity index (χ2n) is 4.40. The maximum Gasteiger partial charge on any atom is 0.183 e. The van der Waals surface area contributed by atoms with Crippen LogP contribution in [0.15, 0.2) is 0 Å². The Kier molecular flexibility index (Phi) is 6.24. The number of hydrogen-bond donors (Lipinski definition) is 1. The smallest absolute Gasteiger partial charge is 0.183 e. The number of hydrogen-bond acceptors (Lipinski definition) is 6. The van der Waals surface area contributed by atoms with Gasteiger partial charge < -0.3 is 15.0 Å². The van der Waals surface area contributed by atoms with Crippen molar-refractivity contribution in [3.05, 3.63) is 10.6 Å². The minimum atomic E-state index is 0.218. The van der Waals surface area contributed by atoms with Gasteiger partial charge in [-0.1, -0.05) is 0 Å². The summed E-state index contributed by atoms with van der Waals surface area (Å²) in [6, 6.07) is 0. The fourth-order valence-corrected chi connectivity index (χ4v) is 2.53. The van der Waals surface area contributed by atoms with Crippen LogP contribution in [0.1, 0.15) is 10.6 Å². The predicted octanol–water partition coefficient (Wildman–Crippen LogP) is 1.18. The highest BCUT2D eigenvalue weighted by Crippen LogP contribution is 2.23. The quantitative estimate of drug-likeness (QED) is 0.720. The van der Waals surface area contributed by atoms with E-state index in [1.807, 2.05) is 25.9 Å². The van der Waals surface area contributed by atoms with Gasteiger partial charge in [-0.3, -0.25) is 4.79 Å². The zero-order valence-corrected chi connectivity index (χ0v) is 12.3. The lowest BCUT2D eigenvalue weighted by molar-refractivity contribution is -0.118. The number of rotatable bonds is 8. The van der Waals surface area contributed by atoms with Crippen molar-refractivity contribution in [3.8, 4) is 0 Å². The second-order valence-corrected chi connectivity index (χ2v) is 5.48. The molecular formula is C12H21N3O2S. The maximum atomic E-state index is 11.7. The lowest BCUT2D eigenvalue weighted by Crippen LogP contribution is -2.22. The monoisotopic (exact) mass is 271 g/mol. The van der Waals surface area contributed by atoms with Gasteiger partial charge in [0.15, 0.2) is 10.9 Å². The molecule has 0 bridgehead atoms. The summed E-state index contributed by atoms with van der Waals surface area (Å²) in [5.74, 6) is 0.218. The molecule has 0 spiro atoms. The Labute approximate surface area is 112 Å². The number of thiazole rings is 1. The fourth-order valence-electron chi connectivity index (χ4n) is 1.52. The Morgan fingerprint density at radius 1 is 1.50 bits per heavy atom. The van der Waals surface area contributed by atoms with E-state index in [0.717, 1.165) is 22.2 Å². The Bertz CT molecular complexity index is 391. The summed E-state index contributed by atoms with van der Waals surface area (Å²) < 4.78 is 4.96. The van der Waals surface area contributed by atoms with E-state index >= 15 is 0 Å². The molecule has 0 amide bonds. The van der Waals surface area contributed by atoms with E-state index in [-0.39, 0.29) is 5.78 Å². The first kappa shape index (κ1) is 15.1. The lowest BCUT2D eigenvalue weighted by atomic mass is 10.2. The zero-order chi connectivity index (χ0) is 13.5. The van der Waals surface area contributed by atoms with Gasteiger partial charge in [-0.2, -0.15) is 0 Å². The van der Waals surface area contributed by atoms with Gasteiger partial charge in [0.1, 0.15) is 0 Å². The van der Waals surface area contributed by atoms with Crippen LogP contribution in [0.2, 0.25) is 0 Å². The van der Waals surface area contributed by atoms with E-state index in [1.165, 1.54) is 0 Å². The van der Waals surface area contributed by atoms with Crippen molar-refractivity contribution in [2.24, 2.45) is 0 Å². The average molecular weight is 271 g/mol. The Hall–Kier alpha value is -0.980. The first-order chi connectivity index (χ1) is 8.52. The molecule has 1 aromatic rings. The van der Waals surface area contributed by atoms with Crippen molar-refractivity contribution in [2.45, 2.75) is 13.3 Å². The predicted molar refractivity (Wildman–Crippen MR) is 74.5 cm³/mol. The van der Waals surface area contributed by atoms with E-state index in [0.29, 0.717) is 19.6 Å². The first-order valence-corrected chi connectivity index (χ1v) is 6.70. The summed E-state index contributed by atoms with van der Waals surface area (Å²) in [6.45, 7) is 3.79. The van der Waals surface area contributed by atoms with Crippen molar-refractivity contribution in [1.29, 1.82) is 0 Å². The molecule has 1 N–H and O–H groups in total. The molecule has 5 nitrogen and oxygen atoms in total. The van der Waals surface area contributed by atoms with E-state index in [2.05, 4.69) is 10.3 Å². The third-order valence-electron chi connectivity index (χ3n) is 2.33. The van der Waals surface area contributed by atoms with Crippen LogP contribution in [-0.2, 0) is 16.0 Å². The van der Waals surface area contributed by atoms with Crippen LogP contribution in [0.4, 0.5) is 5.13 Å². The standard InChI is InChI=1S/C12H21N3O2S/c1-9-11(7-10(16)8-15(2)3)18-12(14-9)13-5-6-17-4/h5-8H2,1-4H3,(H,13,14). The van der Waals surface area contributed by atoms with Gasteiger partial charge in [0, 0.05) is 25.0 Å². The number of methoxy groups -OCH3 is 1. The number of anilines is 1. The van der Waals surface area contributed by atoms with Gasteiger partial charge in [-0.25, -0.2) is 4.98 Å². The first-order valence-electron chi connectivity index (χ1n) is 5.88. The van der Waals surface area contributed by atoms with Gasteiger partial charge >= 0.3 is 0 Å². The Balaban J connectivity index is 2.53. The van der Waals surface area contributed by atoms with E-state index in [4.69, 9.17) is 4.74 Å². The number of Topliss-reactive ketones (excluding diaryl/α,β-unsaturated/α-hetero) is 1. The number of likely N-dealkylation sites (N-methyl/N-ethyl adjacent to an activating group) is 1. The molecule has 1 heterocycles. The SMILES string of the molecule is COCCNc1nc(C)c(CC(=O)CN(C)C)s1. The highest BCUT2D eigenvalue weighted by molar-refractivity contribution is 7.15. The molecule has 0 atom stereocenters. The normalized spacial score (nSPS) is 10.9. The van der Waals surface area contributed by atoms with Crippen LogP contribution in [0.3, 0.4) is 0 Å². The molecule has 102 valence electrons. The number of ketones is 1. The summed E-state index contributed by atoms with van der Waals surface area (Å²) in [7, 11) is 5.46. The maximum absolute atomic E-state index is 11.7. The molecule has 0 aliphatic rings. The lowest BCUT2D eigenvalue weighted by Gasteiger charge is -2.07. The zero-order valence-electron chi connectivity index (χ0n) is 11.4. The van der Waals surface area contributed by atoms with Gasteiger partial charge in [0.25, 0.3) is 0 Å². The molecule has 0 fully saturated rings. The molecule has 6 heteroatoms. The van der Waals surface area contributed by atoms with Gasteiger partial charge in [0.2, 0.25) is 0 Å². The van der Waals surface area contributed by atoms with Gasteiger partial charge in [-0.05, 0) is 21.0 Å². The van der Waals surface area contributed by atoms with Crippen molar-refractivity contribution in [3.63, 3.8) is 0 Å². The average Bonchev–Trinajstić information content (AvgIpc) is 2.58. The number of ether oxygens (including phenoxy) is 1. The molecule has 0 aliphatic carbocycles. The molecule has 1 rings (SSSR count). The summed E-state index contributed by atoms with van der Waals surface area (Å²) in [6.07, 6.45) is 0.466. The van der Waals surface area contributed by atoms with Crippen molar-refractivity contribution in [2.75, 3.05) is 46.2 Å². The number of aryl methyl sites for hydroxylation is 1. The largest absolute Gasteiger partial charge is 0.383 e. The number of carbonyl (C=O) groups is 1. The van der Waals surface area contributed by atoms with Crippen molar-refractivity contribution < 1.29 is 9.53 Å². The summed E-state index contributed by atoms with van der Waals surface area (Å²) in [5.41, 5.74) is 0.937. The molecule has 0 saturated carbocycles. The number of nitrogens with zero attached hydrogens (tertiary/aromatic N) is 2. The van der Waals surface area contributed by atoms with Crippen LogP contribution in [0.25, 0.3) is 0 Å². The van der Waals surface area contributed by atoms with E-state index in [9.17, 15) is 4.79 Å². The summed E-state index contributed by atoms with van der Waals surface area (Å²) in [5, 5.41) is 4.04. The third-order valence-corrected chi connectivity index (χ3v) is 3.44. The van der Waals surface area contributed by atoms with E-state index in [1.54, 1.807) is 18.4 Å². The molecular weight excluding hydrogens is 250 g/mol. The van der Waals surface area contributed by atoms with Gasteiger partial charge in [0.05, 0.1) is 18.8 Å². The van der Waals surface area contributed by atoms with E-state index < -0.39 is 0 Å². The second kappa shape index (κ2) is 7.45.